The number of ether oxygens (including phenoxy) is 1. The number of carbonyl (C=O) groups excluding carboxylic acids is 1. The van der Waals surface area contributed by atoms with Crippen molar-refractivity contribution >= 4 is 17.2 Å². The summed E-state index contributed by atoms with van der Waals surface area (Å²) in [6.45, 7) is 0.434. The quantitative estimate of drug-likeness (QED) is 0.803. The fourth-order valence-corrected chi connectivity index (χ4v) is 2.27. The van der Waals surface area contributed by atoms with E-state index in [1.54, 1.807) is 37.4 Å². The van der Waals surface area contributed by atoms with Crippen molar-refractivity contribution in [3.63, 3.8) is 0 Å². The van der Waals surface area contributed by atoms with Crippen LogP contribution in [-0.2, 0) is 13.5 Å². The number of hydrogen-bond acceptors (Lipinski definition) is 4. The van der Waals surface area contributed by atoms with Gasteiger partial charge in [-0.3, -0.25) is 4.57 Å². The lowest BCUT2D eigenvalue weighted by atomic mass is 10.1. The summed E-state index contributed by atoms with van der Waals surface area (Å²) in [4.78, 5) is 23.1. The van der Waals surface area contributed by atoms with Gasteiger partial charge in [-0.1, -0.05) is 24.3 Å². The second-order valence-corrected chi connectivity index (χ2v) is 5.11. The molecule has 118 valence electrons. The number of amides is 1. The molecule has 0 fully saturated rings. The minimum Gasteiger partial charge on any atom is -0.410 e. The molecular formula is C17H16N2O4. The van der Waals surface area contributed by atoms with Crippen molar-refractivity contribution in [2.75, 3.05) is 6.54 Å². The van der Waals surface area contributed by atoms with E-state index in [2.05, 4.69) is 5.32 Å². The Hall–Kier alpha value is -3.02. The van der Waals surface area contributed by atoms with Gasteiger partial charge in [0, 0.05) is 13.6 Å². The third kappa shape index (κ3) is 3.42. The lowest BCUT2D eigenvalue weighted by Crippen LogP contribution is -2.28. The molecule has 1 aromatic heterocycles. The molecule has 0 spiro atoms. The summed E-state index contributed by atoms with van der Waals surface area (Å²) < 4.78 is 11.7. The topological polar surface area (TPSA) is 73.5 Å². The molecule has 0 atom stereocenters. The average Bonchev–Trinajstić information content (AvgIpc) is 2.83. The number of nitrogens with zero attached hydrogens (tertiary/aromatic N) is 1. The highest BCUT2D eigenvalue weighted by atomic mass is 16.6. The predicted molar refractivity (Wildman–Crippen MR) is 85.6 cm³/mol. The Morgan fingerprint density at radius 1 is 1.22 bits per heavy atom. The zero-order valence-electron chi connectivity index (χ0n) is 12.6. The van der Waals surface area contributed by atoms with Gasteiger partial charge in [-0.2, -0.15) is 0 Å². The number of fused-ring (bicyclic) bond motifs is 1. The maximum atomic E-state index is 11.7. The van der Waals surface area contributed by atoms with Crippen LogP contribution < -0.4 is 15.8 Å². The van der Waals surface area contributed by atoms with Crippen LogP contribution in [0, 0.1) is 0 Å². The summed E-state index contributed by atoms with van der Waals surface area (Å²) in [6, 6.07) is 14.4. The maximum Gasteiger partial charge on any atom is 0.419 e. The molecule has 0 radical (unpaired) electrons. The van der Waals surface area contributed by atoms with Crippen molar-refractivity contribution < 1.29 is 13.9 Å². The standard InChI is InChI=1S/C17H16N2O4/c1-19-14-11-12(7-8-15(14)23-17(19)21)9-10-18-16(20)22-13-5-3-2-4-6-13/h2-8,11H,9-10H2,1H3,(H,18,20). The van der Waals surface area contributed by atoms with Gasteiger partial charge in [0.05, 0.1) is 5.52 Å². The number of benzene rings is 2. The molecule has 0 aliphatic rings. The molecule has 0 bridgehead atoms. The molecule has 1 amide bonds. The van der Waals surface area contributed by atoms with Gasteiger partial charge in [-0.05, 0) is 36.2 Å². The fourth-order valence-electron chi connectivity index (χ4n) is 2.27. The van der Waals surface area contributed by atoms with Gasteiger partial charge in [0.1, 0.15) is 5.75 Å². The molecule has 6 heteroatoms. The average molecular weight is 312 g/mol. The summed E-state index contributed by atoms with van der Waals surface area (Å²) >= 11 is 0. The van der Waals surface area contributed by atoms with E-state index >= 15 is 0 Å². The number of nitrogens with one attached hydrogen (secondary N) is 1. The molecule has 1 heterocycles. The first-order chi connectivity index (χ1) is 11.1. The number of aromatic nitrogens is 1. The molecule has 3 aromatic rings. The van der Waals surface area contributed by atoms with Gasteiger partial charge in [-0.15, -0.1) is 0 Å². The van der Waals surface area contributed by atoms with Gasteiger partial charge in [-0.25, -0.2) is 9.59 Å². The summed E-state index contributed by atoms with van der Waals surface area (Å²) in [7, 11) is 1.66. The molecule has 6 nitrogen and oxygen atoms in total. The van der Waals surface area contributed by atoms with Crippen molar-refractivity contribution in [1.82, 2.24) is 9.88 Å². The van der Waals surface area contributed by atoms with Crippen molar-refractivity contribution in [2.24, 2.45) is 7.05 Å². The van der Waals surface area contributed by atoms with Gasteiger partial charge < -0.3 is 14.5 Å². The van der Waals surface area contributed by atoms with Crippen LogP contribution in [0.4, 0.5) is 4.79 Å². The lowest BCUT2D eigenvalue weighted by molar-refractivity contribution is 0.200. The molecule has 0 aliphatic heterocycles. The Labute approximate surface area is 132 Å². The second-order valence-electron chi connectivity index (χ2n) is 5.11. The Morgan fingerprint density at radius 3 is 2.78 bits per heavy atom. The van der Waals surface area contributed by atoms with Gasteiger partial charge in [0.2, 0.25) is 0 Å². The normalized spacial score (nSPS) is 10.7. The van der Waals surface area contributed by atoms with E-state index in [1.165, 1.54) is 4.57 Å². The second kappa shape index (κ2) is 6.39. The molecular weight excluding hydrogens is 296 g/mol. The van der Waals surface area contributed by atoms with Crippen LogP contribution in [0.3, 0.4) is 0 Å². The Balaban J connectivity index is 1.57. The fraction of sp³-hybridized carbons (Fsp3) is 0.176. The van der Waals surface area contributed by atoms with Crippen LogP contribution in [0.5, 0.6) is 5.75 Å². The van der Waals surface area contributed by atoms with E-state index in [9.17, 15) is 9.59 Å². The maximum absolute atomic E-state index is 11.7. The molecule has 0 saturated carbocycles. The zero-order chi connectivity index (χ0) is 16.2. The molecule has 0 aliphatic carbocycles. The summed E-state index contributed by atoms with van der Waals surface area (Å²) in [5.41, 5.74) is 2.28. The predicted octanol–water partition coefficient (Wildman–Crippen LogP) is 2.46. The largest absolute Gasteiger partial charge is 0.419 e. The number of carbonyl (C=O) groups is 1. The van der Waals surface area contributed by atoms with Crippen molar-refractivity contribution in [3.8, 4) is 5.75 Å². The zero-order valence-corrected chi connectivity index (χ0v) is 12.6. The van der Waals surface area contributed by atoms with Crippen molar-refractivity contribution in [3.05, 3.63) is 64.6 Å². The molecule has 2 aromatic carbocycles. The van der Waals surface area contributed by atoms with E-state index in [-0.39, 0.29) is 5.76 Å². The number of aryl methyl sites for hydroxylation is 1. The van der Waals surface area contributed by atoms with Crippen molar-refractivity contribution in [1.29, 1.82) is 0 Å². The first-order valence-electron chi connectivity index (χ1n) is 7.22. The van der Waals surface area contributed by atoms with Crippen LogP contribution in [0.25, 0.3) is 11.1 Å². The minimum atomic E-state index is -0.493. The van der Waals surface area contributed by atoms with E-state index in [0.29, 0.717) is 24.3 Å². The van der Waals surface area contributed by atoms with Crippen LogP contribution in [0.2, 0.25) is 0 Å². The van der Waals surface area contributed by atoms with E-state index < -0.39 is 6.09 Å². The van der Waals surface area contributed by atoms with E-state index in [1.807, 2.05) is 18.2 Å². The summed E-state index contributed by atoms with van der Waals surface area (Å²) in [5.74, 6) is 0.113. The SMILES string of the molecule is Cn1c(=O)oc2ccc(CCNC(=O)Oc3ccccc3)cc21. The highest BCUT2D eigenvalue weighted by Crippen LogP contribution is 2.14. The third-order valence-electron chi connectivity index (χ3n) is 3.49. The number of hydrogen-bond donors (Lipinski definition) is 1. The van der Waals surface area contributed by atoms with Crippen LogP contribution >= 0.6 is 0 Å². The van der Waals surface area contributed by atoms with Gasteiger partial charge in [0.15, 0.2) is 5.58 Å². The van der Waals surface area contributed by atoms with Gasteiger partial charge in [0.25, 0.3) is 0 Å². The van der Waals surface area contributed by atoms with Gasteiger partial charge >= 0.3 is 11.8 Å². The Morgan fingerprint density at radius 2 is 2.00 bits per heavy atom. The highest BCUT2D eigenvalue weighted by molar-refractivity contribution is 5.74. The van der Waals surface area contributed by atoms with Crippen LogP contribution in [-0.4, -0.2) is 17.2 Å². The molecule has 23 heavy (non-hydrogen) atoms. The van der Waals surface area contributed by atoms with Crippen LogP contribution in [0.1, 0.15) is 5.56 Å². The molecule has 0 saturated heterocycles. The summed E-state index contributed by atoms with van der Waals surface area (Å²) in [6.07, 6.45) is 0.132. The minimum absolute atomic E-state index is 0.387. The highest BCUT2D eigenvalue weighted by Gasteiger charge is 2.07. The van der Waals surface area contributed by atoms with Crippen molar-refractivity contribution in [2.45, 2.75) is 6.42 Å². The molecule has 1 N–H and O–H groups in total. The Bertz CT molecular complexity index is 880. The van der Waals surface area contributed by atoms with Crippen LogP contribution in [0.15, 0.2) is 57.7 Å². The first kappa shape index (κ1) is 14.9. The Kier molecular flexibility index (Phi) is 4.14. The monoisotopic (exact) mass is 312 g/mol. The molecule has 0 unspecified atom stereocenters. The third-order valence-corrected chi connectivity index (χ3v) is 3.49. The summed E-state index contributed by atoms with van der Waals surface area (Å²) in [5, 5.41) is 2.69. The number of oxazole rings is 1. The number of rotatable bonds is 4. The first-order valence-corrected chi connectivity index (χ1v) is 7.22. The lowest BCUT2D eigenvalue weighted by Gasteiger charge is -2.06. The van der Waals surface area contributed by atoms with E-state index in [0.717, 1.165) is 11.1 Å². The molecule has 3 rings (SSSR count). The smallest absolute Gasteiger partial charge is 0.410 e. The van der Waals surface area contributed by atoms with E-state index in [4.69, 9.17) is 9.15 Å². The number of para-hydroxylation sites is 1.